The smallest absolute Gasteiger partial charge is 0.308 e. The van der Waals surface area contributed by atoms with E-state index in [1.54, 1.807) is 6.07 Å². The summed E-state index contributed by atoms with van der Waals surface area (Å²) in [6.45, 7) is 3.91. The van der Waals surface area contributed by atoms with Crippen molar-refractivity contribution >= 4 is 23.2 Å². The quantitative estimate of drug-likeness (QED) is 0.508. The first-order chi connectivity index (χ1) is 17.9. The third-order valence-corrected chi connectivity index (χ3v) is 8.29. The number of imidazole rings is 1. The number of benzene rings is 1. The SMILES string of the molecule is C[C@@H]1CCCCCN1C(=O)c1cc(C2CC2)c2nc(-c3ccc(N4CCC(C(=O)O)C4)cc3F)cn2c1. The topological polar surface area (TPSA) is 78.2 Å². The van der Waals surface area contributed by atoms with Gasteiger partial charge in [-0.25, -0.2) is 9.37 Å². The van der Waals surface area contributed by atoms with Gasteiger partial charge in [0.05, 0.1) is 17.2 Å². The van der Waals surface area contributed by atoms with E-state index in [-0.39, 0.29) is 17.8 Å². The number of aromatic nitrogens is 2. The van der Waals surface area contributed by atoms with Crippen molar-refractivity contribution in [2.45, 2.75) is 63.8 Å². The number of anilines is 1. The molecule has 2 saturated heterocycles. The first-order valence-corrected chi connectivity index (χ1v) is 13.5. The molecule has 1 aliphatic carbocycles. The number of aliphatic carboxylic acids is 1. The number of rotatable bonds is 5. The van der Waals surface area contributed by atoms with Gasteiger partial charge in [0.15, 0.2) is 0 Å². The van der Waals surface area contributed by atoms with E-state index in [0.717, 1.165) is 56.3 Å². The minimum Gasteiger partial charge on any atom is -0.481 e. The zero-order valence-electron chi connectivity index (χ0n) is 21.2. The summed E-state index contributed by atoms with van der Waals surface area (Å²) in [5.74, 6) is -1.16. The van der Waals surface area contributed by atoms with Crippen molar-refractivity contribution in [2.24, 2.45) is 5.92 Å². The molecule has 1 unspecified atom stereocenters. The summed E-state index contributed by atoms with van der Waals surface area (Å²) in [6.07, 6.45) is 10.8. The molecule has 3 aliphatic rings. The molecule has 1 N–H and O–H groups in total. The molecule has 7 nitrogen and oxygen atoms in total. The molecule has 1 saturated carbocycles. The van der Waals surface area contributed by atoms with E-state index in [0.29, 0.717) is 47.9 Å². The van der Waals surface area contributed by atoms with Crippen molar-refractivity contribution in [3.05, 3.63) is 53.6 Å². The van der Waals surface area contributed by atoms with E-state index in [1.165, 1.54) is 6.07 Å². The van der Waals surface area contributed by atoms with Crippen LogP contribution < -0.4 is 4.90 Å². The van der Waals surface area contributed by atoms with Crippen LogP contribution in [0.5, 0.6) is 0 Å². The fourth-order valence-electron chi connectivity index (χ4n) is 5.91. The number of hydrogen-bond acceptors (Lipinski definition) is 4. The van der Waals surface area contributed by atoms with Crippen molar-refractivity contribution in [1.82, 2.24) is 14.3 Å². The van der Waals surface area contributed by atoms with E-state index >= 15 is 4.39 Å². The van der Waals surface area contributed by atoms with Gasteiger partial charge in [0.1, 0.15) is 11.5 Å². The fraction of sp³-hybridized carbons (Fsp3) is 0.483. The van der Waals surface area contributed by atoms with E-state index in [9.17, 15) is 14.7 Å². The first kappa shape index (κ1) is 23.9. The molecule has 0 spiro atoms. The minimum absolute atomic E-state index is 0.0641. The second-order valence-corrected chi connectivity index (χ2v) is 10.9. The molecule has 8 heteroatoms. The number of carboxylic acids is 1. The van der Waals surface area contributed by atoms with Crippen LogP contribution in [-0.2, 0) is 4.79 Å². The molecule has 2 aromatic heterocycles. The van der Waals surface area contributed by atoms with Gasteiger partial charge in [-0.05, 0) is 74.8 Å². The van der Waals surface area contributed by atoms with E-state index in [2.05, 4.69) is 6.92 Å². The molecule has 4 heterocycles. The molecular weight excluding hydrogens is 471 g/mol. The Bertz CT molecular complexity index is 1360. The average molecular weight is 505 g/mol. The zero-order chi connectivity index (χ0) is 25.7. The van der Waals surface area contributed by atoms with Crippen LogP contribution in [0.3, 0.4) is 0 Å². The van der Waals surface area contributed by atoms with Gasteiger partial charge in [-0.1, -0.05) is 12.8 Å². The Kier molecular flexibility index (Phi) is 6.13. The van der Waals surface area contributed by atoms with E-state index in [1.807, 2.05) is 38.7 Å². The lowest BCUT2D eigenvalue weighted by Crippen LogP contribution is -2.38. The minimum atomic E-state index is -0.807. The molecule has 194 valence electrons. The van der Waals surface area contributed by atoms with Crippen LogP contribution in [0.1, 0.15) is 73.7 Å². The summed E-state index contributed by atoms with van der Waals surface area (Å²) in [4.78, 5) is 33.6. The van der Waals surface area contributed by atoms with Gasteiger partial charge >= 0.3 is 5.97 Å². The number of carboxylic acid groups (broad SMARTS) is 1. The molecule has 2 aliphatic heterocycles. The van der Waals surface area contributed by atoms with Gasteiger partial charge in [0.2, 0.25) is 0 Å². The standard InChI is InChI=1S/C29H33FN4O3/c1-18-5-3-2-4-11-34(18)28(35)21-13-24(19-6-7-19)27-31-26(17-33(27)16-21)23-9-8-22(14-25(23)30)32-12-10-20(15-32)29(36)37/h8-9,13-14,16-20H,2-7,10-12,15H2,1H3,(H,36,37)/t18-,20?/m1/s1. The highest BCUT2D eigenvalue weighted by molar-refractivity contribution is 5.95. The van der Waals surface area contributed by atoms with E-state index < -0.39 is 11.9 Å². The van der Waals surface area contributed by atoms with Crippen LogP contribution in [0.4, 0.5) is 10.1 Å². The fourth-order valence-corrected chi connectivity index (χ4v) is 5.91. The van der Waals surface area contributed by atoms with Gasteiger partial charge in [0.25, 0.3) is 5.91 Å². The Balaban J connectivity index is 1.32. The number of carbonyl (C=O) groups excluding carboxylic acids is 1. The number of nitrogens with zero attached hydrogens (tertiary/aromatic N) is 4. The second-order valence-electron chi connectivity index (χ2n) is 10.9. The number of halogens is 1. The van der Waals surface area contributed by atoms with Gasteiger partial charge in [-0.3, -0.25) is 9.59 Å². The molecule has 6 rings (SSSR count). The van der Waals surface area contributed by atoms with Crippen molar-refractivity contribution in [3.8, 4) is 11.3 Å². The van der Waals surface area contributed by atoms with Gasteiger partial charge in [-0.15, -0.1) is 0 Å². The Morgan fingerprint density at radius 3 is 2.59 bits per heavy atom. The van der Waals surface area contributed by atoms with Crippen molar-refractivity contribution in [2.75, 3.05) is 24.5 Å². The summed E-state index contributed by atoms with van der Waals surface area (Å²) in [6, 6.07) is 7.27. The molecule has 2 atom stereocenters. The van der Waals surface area contributed by atoms with Crippen LogP contribution >= 0.6 is 0 Å². The molecule has 0 bridgehead atoms. The lowest BCUT2D eigenvalue weighted by Gasteiger charge is -2.27. The summed E-state index contributed by atoms with van der Waals surface area (Å²) in [5, 5.41) is 9.28. The lowest BCUT2D eigenvalue weighted by atomic mass is 10.1. The maximum Gasteiger partial charge on any atom is 0.308 e. The van der Waals surface area contributed by atoms with Crippen LogP contribution in [0, 0.1) is 11.7 Å². The molecule has 1 aromatic carbocycles. The van der Waals surface area contributed by atoms with E-state index in [4.69, 9.17) is 4.98 Å². The number of pyridine rings is 1. The molecule has 37 heavy (non-hydrogen) atoms. The first-order valence-electron chi connectivity index (χ1n) is 13.5. The molecule has 3 fully saturated rings. The van der Waals surface area contributed by atoms with Crippen molar-refractivity contribution in [3.63, 3.8) is 0 Å². The van der Waals surface area contributed by atoms with Crippen LogP contribution in [-0.4, -0.2) is 56.9 Å². The monoisotopic (exact) mass is 504 g/mol. The summed E-state index contributed by atoms with van der Waals surface area (Å²) < 4.78 is 17.2. The highest BCUT2D eigenvalue weighted by atomic mass is 19.1. The molecular formula is C29H33FN4O3. The number of fused-ring (bicyclic) bond motifs is 1. The summed E-state index contributed by atoms with van der Waals surface area (Å²) >= 11 is 0. The predicted molar refractivity (Wildman–Crippen MR) is 139 cm³/mol. The Morgan fingerprint density at radius 2 is 1.86 bits per heavy atom. The average Bonchev–Trinajstić information content (AvgIpc) is 3.50. The van der Waals surface area contributed by atoms with Gasteiger partial charge in [-0.2, -0.15) is 0 Å². The number of carbonyl (C=O) groups is 2. The second kappa shape index (κ2) is 9.47. The Morgan fingerprint density at radius 1 is 1.03 bits per heavy atom. The Labute approximate surface area is 215 Å². The zero-order valence-corrected chi connectivity index (χ0v) is 21.2. The maximum absolute atomic E-state index is 15.3. The molecule has 1 amide bonds. The highest BCUT2D eigenvalue weighted by Crippen LogP contribution is 2.43. The van der Waals surface area contributed by atoms with Crippen LogP contribution in [0.15, 0.2) is 36.7 Å². The summed E-state index contributed by atoms with van der Waals surface area (Å²) in [5.41, 5.74) is 4.14. The Hall–Kier alpha value is -3.42. The van der Waals surface area contributed by atoms with Crippen molar-refractivity contribution in [1.29, 1.82) is 0 Å². The normalized spacial score (nSPS) is 22.4. The highest BCUT2D eigenvalue weighted by Gasteiger charge is 2.31. The van der Waals surface area contributed by atoms with Crippen LogP contribution in [0.2, 0.25) is 0 Å². The van der Waals surface area contributed by atoms with Gasteiger partial charge in [0, 0.05) is 49.3 Å². The number of likely N-dealkylation sites (tertiary alicyclic amines) is 1. The predicted octanol–water partition coefficient (Wildman–Crippen LogP) is 5.33. The maximum atomic E-state index is 15.3. The lowest BCUT2D eigenvalue weighted by molar-refractivity contribution is -0.140. The van der Waals surface area contributed by atoms with Crippen molar-refractivity contribution < 1.29 is 19.1 Å². The third-order valence-electron chi connectivity index (χ3n) is 8.29. The van der Waals surface area contributed by atoms with Crippen LogP contribution in [0.25, 0.3) is 16.9 Å². The molecule has 0 radical (unpaired) electrons. The number of amides is 1. The number of hydrogen-bond donors (Lipinski definition) is 1. The largest absolute Gasteiger partial charge is 0.481 e. The summed E-state index contributed by atoms with van der Waals surface area (Å²) in [7, 11) is 0. The molecule has 3 aromatic rings. The van der Waals surface area contributed by atoms with Gasteiger partial charge < -0.3 is 19.3 Å². The third kappa shape index (κ3) is 4.58.